The zero-order valence-electron chi connectivity index (χ0n) is 21.8. The highest BCUT2D eigenvalue weighted by molar-refractivity contribution is 7.99. The summed E-state index contributed by atoms with van der Waals surface area (Å²) >= 11 is 8.01. The second kappa shape index (κ2) is 13.1. The van der Waals surface area contributed by atoms with E-state index in [-0.39, 0.29) is 11.5 Å². The third kappa shape index (κ3) is 6.46. The van der Waals surface area contributed by atoms with E-state index in [0.717, 1.165) is 16.9 Å². The molecular weight excluding hydrogens is 516 g/mol. The van der Waals surface area contributed by atoms with Gasteiger partial charge >= 0.3 is 0 Å². The Labute approximate surface area is 232 Å². The van der Waals surface area contributed by atoms with Gasteiger partial charge in [0.1, 0.15) is 5.82 Å². The van der Waals surface area contributed by atoms with Crippen molar-refractivity contribution in [2.24, 2.45) is 5.73 Å². The maximum Gasteiger partial charge on any atom is 0.261 e. The van der Waals surface area contributed by atoms with Gasteiger partial charge in [0.15, 0.2) is 0 Å². The number of aryl methyl sites for hydroxylation is 1. The lowest BCUT2D eigenvalue weighted by molar-refractivity contribution is 0.0682. The van der Waals surface area contributed by atoms with Gasteiger partial charge in [-0.25, -0.2) is 4.98 Å². The van der Waals surface area contributed by atoms with Gasteiger partial charge in [-0.3, -0.25) is 14.2 Å². The Morgan fingerprint density at radius 1 is 1.11 bits per heavy atom. The van der Waals surface area contributed by atoms with Gasteiger partial charge in [-0.1, -0.05) is 66.6 Å². The highest BCUT2D eigenvalue weighted by atomic mass is 35.5. The molecule has 38 heavy (non-hydrogen) atoms. The van der Waals surface area contributed by atoms with Gasteiger partial charge in [0.2, 0.25) is 0 Å². The minimum Gasteiger partial charge on any atom is -0.330 e. The number of amides is 1. The summed E-state index contributed by atoms with van der Waals surface area (Å²) in [5, 5.41) is 1.00. The van der Waals surface area contributed by atoms with Crippen LogP contribution in [0, 0.1) is 6.92 Å². The highest BCUT2D eigenvalue weighted by Crippen LogP contribution is 2.28. The van der Waals surface area contributed by atoms with E-state index in [9.17, 15) is 9.59 Å². The van der Waals surface area contributed by atoms with Crippen LogP contribution in [0.25, 0.3) is 10.9 Å². The van der Waals surface area contributed by atoms with E-state index in [0.29, 0.717) is 59.1 Å². The fourth-order valence-corrected chi connectivity index (χ4v) is 5.39. The lowest BCUT2D eigenvalue weighted by atomic mass is 10.1. The summed E-state index contributed by atoms with van der Waals surface area (Å²) in [5.74, 6) is 1.90. The first-order valence-electron chi connectivity index (χ1n) is 12.8. The van der Waals surface area contributed by atoms with Crippen molar-refractivity contribution >= 4 is 40.2 Å². The predicted octanol–water partition coefficient (Wildman–Crippen LogP) is 5.69. The van der Waals surface area contributed by atoms with Crippen LogP contribution >= 0.6 is 23.4 Å². The Hall–Kier alpha value is -3.13. The number of nitrogens with two attached hydrogens (primary N) is 1. The number of benzene rings is 3. The van der Waals surface area contributed by atoms with Crippen molar-refractivity contribution in [2.45, 2.75) is 32.9 Å². The fraction of sp³-hybridized carbons (Fsp3) is 0.300. The first-order valence-corrected chi connectivity index (χ1v) is 14.4. The summed E-state index contributed by atoms with van der Waals surface area (Å²) in [4.78, 5) is 34.7. The molecule has 198 valence electrons. The zero-order chi connectivity index (χ0) is 27.1. The average Bonchev–Trinajstić information content (AvgIpc) is 2.92. The van der Waals surface area contributed by atoms with Crippen molar-refractivity contribution in [3.8, 4) is 0 Å². The first kappa shape index (κ1) is 27.9. The molecule has 1 unspecified atom stereocenters. The van der Waals surface area contributed by atoms with E-state index in [1.807, 2.05) is 66.4 Å². The number of thioether (sulfide) groups is 1. The highest BCUT2D eigenvalue weighted by Gasteiger charge is 2.30. The molecule has 2 N–H and O–H groups in total. The standard InChI is InChI=1S/C30H33ClN4O2S/c1-3-38-20-27(34(17-7-16-32)29(36)23-12-10-21(2)11-13-23)28-33-26-18-24(31)14-15-25(26)30(37)35(28)19-22-8-5-4-6-9-22/h4-6,8-15,18,27H,3,7,16-17,19-20,32H2,1-2H3. The molecule has 6 nitrogen and oxygen atoms in total. The SMILES string of the molecule is CCSCC(c1nc2cc(Cl)ccc2c(=O)n1Cc1ccccc1)N(CCCN)C(=O)c1ccc(C)cc1. The van der Waals surface area contributed by atoms with Gasteiger partial charge < -0.3 is 10.6 Å². The largest absolute Gasteiger partial charge is 0.330 e. The molecule has 1 heterocycles. The second-order valence-electron chi connectivity index (χ2n) is 9.19. The molecule has 4 aromatic rings. The molecule has 3 aromatic carbocycles. The molecule has 1 atom stereocenters. The third-order valence-electron chi connectivity index (χ3n) is 6.45. The van der Waals surface area contributed by atoms with Gasteiger partial charge in [0.05, 0.1) is 23.5 Å². The van der Waals surface area contributed by atoms with Crippen molar-refractivity contribution < 1.29 is 4.79 Å². The van der Waals surface area contributed by atoms with Crippen LogP contribution in [0.1, 0.15) is 46.7 Å². The number of hydrogen-bond donors (Lipinski definition) is 1. The number of nitrogens with zero attached hydrogens (tertiary/aromatic N) is 3. The number of carbonyl (C=O) groups is 1. The van der Waals surface area contributed by atoms with Crippen molar-refractivity contribution in [1.82, 2.24) is 14.5 Å². The molecule has 1 amide bonds. The van der Waals surface area contributed by atoms with Gasteiger partial charge in [-0.15, -0.1) is 0 Å². The zero-order valence-corrected chi connectivity index (χ0v) is 23.3. The number of fused-ring (bicyclic) bond motifs is 1. The van der Waals surface area contributed by atoms with Crippen LogP contribution in [-0.2, 0) is 6.54 Å². The molecule has 0 radical (unpaired) electrons. The molecule has 0 bridgehead atoms. The van der Waals surface area contributed by atoms with Crippen molar-refractivity contribution in [3.63, 3.8) is 0 Å². The number of rotatable bonds is 11. The quantitative estimate of drug-likeness (QED) is 0.260. The topological polar surface area (TPSA) is 81.2 Å². The molecule has 0 aliphatic heterocycles. The Morgan fingerprint density at radius 2 is 1.84 bits per heavy atom. The summed E-state index contributed by atoms with van der Waals surface area (Å²) in [6.07, 6.45) is 0.632. The van der Waals surface area contributed by atoms with Crippen LogP contribution in [0.15, 0.2) is 77.6 Å². The third-order valence-corrected chi connectivity index (χ3v) is 7.64. The maximum atomic E-state index is 14.0. The molecule has 0 saturated carbocycles. The van der Waals surface area contributed by atoms with Crippen LogP contribution in [0.3, 0.4) is 0 Å². The van der Waals surface area contributed by atoms with Gasteiger partial charge in [0, 0.05) is 22.9 Å². The Balaban J connectivity index is 1.92. The van der Waals surface area contributed by atoms with Gasteiger partial charge in [-0.2, -0.15) is 11.8 Å². The van der Waals surface area contributed by atoms with Crippen molar-refractivity contribution in [2.75, 3.05) is 24.6 Å². The van der Waals surface area contributed by atoms with Crippen LogP contribution in [0.5, 0.6) is 0 Å². The lowest BCUT2D eigenvalue weighted by Gasteiger charge is -2.33. The van der Waals surface area contributed by atoms with Crippen molar-refractivity contribution in [3.05, 3.63) is 111 Å². The molecule has 4 rings (SSSR count). The fourth-order valence-electron chi connectivity index (χ4n) is 4.44. The first-order chi connectivity index (χ1) is 18.4. The molecule has 0 saturated heterocycles. The van der Waals surface area contributed by atoms with Crippen LogP contribution in [-0.4, -0.2) is 45.0 Å². The summed E-state index contributed by atoms with van der Waals surface area (Å²) in [6, 6.07) is 22.1. The van der Waals surface area contributed by atoms with E-state index in [1.54, 1.807) is 34.5 Å². The summed E-state index contributed by atoms with van der Waals surface area (Å²) in [6.45, 7) is 5.32. The van der Waals surface area contributed by atoms with Crippen LogP contribution < -0.4 is 11.3 Å². The van der Waals surface area contributed by atoms with E-state index < -0.39 is 6.04 Å². The Kier molecular flexibility index (Phi) is 9.61. The van der Waals surface area contributed by atoms with Gasteiger partial charge in [-0.05, 0) is 61.5 Å². The van der Waals surface area contributed by atoms with Crippen LogP contribution in [0.2, 0.25) is 5.02 Å². The smallest absolute Gasteiger partial charge is 0.261 e. The molecule has 1 aromatic heterocycles. The summed E-state index contributed by atoms with van der Waals surface area (Å²) in [7, 11) is 0. The maximum absolute atomic E-state index is 14.0. The number of aromatic nitrogens is 2. The van der Waals surface area contributed by atoms with E-state index in [1.165, 1.54) is 0 Å². The normalized spacial score (nSPS) is 12.0. The van der Waals surface area contributed by atoms with Crippen molar-refractivity contribution in [1.29, 1.82) is 0 Å². The monoisotopic (exact) mass is 548 g/mol. The minimum atomic E-state index is -0.444. The average molecular weight is 549 g/mol. The number of carbonyl (C=O) groups excluding carboxylic acids is 1. The molecule has 0 spiro atoms. The van der Waals surface area contributed by atoms with Gasteiger partial charge in [0.25, 0.3) is 11.5 Å². The summed E-state index contributed by atoms with van der Waals surface area (Å²) in [5.41, 5.74) is 8.92. The van der Waals surface area contributed by atoms with E-state index in [2.05, 4.69) is 6.92 Å². The van der Waals surface area contributed by atoms with E-state index in [4.69, 9.17) is 22.3 Å². The Morgan fingerprint density at radius 3 is 2.53 bits per heavy atom. The molecule has 8 heteroatoms. The molecular formula is C30H33ClN4O2S. The number of hydrogen-bond acceptors (Lipinski definition) is 5. The molecule has 0 aliphatic carbocycles. The molecule has 0 fully saturated rings. The Bertz CT molecular complexity index is 1440. The van der Waals surface area contributed by atoms with Crippen LogP contribution in [0.4, 0.5) is 0 Å². The summed E-state index contributed by atoms with van der Waals surface area (Å²) < 4.78 is 1.71. The molecule has 0 aliphatic rings. The number of halogens is 1. The minimum absolute atomic E-state index is 0.105. The van der Waals surface area contributed by atoms with E-state index >= 15 is 0 Å². The second-order valence-corrected chi connectivity index (χ2v) is 10.9. The predicted molar refractivity (Wildman–Crippen MR) is 158 cm³/mol. The lowest BCUT2D eigenvalue weighted by Crippen LogP contribution is -2.41.